The number of ether oxygens (including phenoxy) is 7. The first-order valence-electron chi connectivity index (χ1n) is 24.7. The minimum absolute atomic E-state index is 0.0328. The summed E-state index contributed by atoms with van der Waals surface area (Å²) in [7, 11) is 0. The lowest BCUT2D eigenvalue weighted by molar-refractivity contribution is -0.138. The van der Waals surface area contributed by atoms with Crippen LogP contribution in [0.15, 0.2) is 147 Å². The molecule has 0 heterocycles. The third-order valence-electron chi connectivity index (χ3n) is 10.3. The standard InChI is InChI=1S/C49H58O9.C7H10O2.C4H6.C2H2/c1-4-6-18-45(58-49(52)44-23-22-43-35-47(27-25-41(43)33-44)55-29-14-8-7-13-28-53-37-50)19-12-11-17-38(3)57-36-39-20-21-42-34-46(26-24-40(42)32-39)54-30-15-9-10-16-31-56-48(51)5-2;1-4-5-9-7(8)6(2)3;1-3-4-2;1-2/h4-5,12,18-27,32-35,37-38H,1-2,6-11,13-17,28-31,36H2,3H3;4-5H,2H2,1,3H3;1H,4H2,2H3;1-2H/b19-12-,45-18+;;;. The molecule has 0 saturated carbocycles. The molecule has 0 radical (unpaired) electrons. The van der Waals surface area contributed by atoms with Gasteiger partial charge in [0.05, 0.1) is 51.0 Å². The summed E-state index contributed by atoms with van der Waals surface area (Å²) in [4.78, 5) is 45.0. The van der Waals surface area contributed by atoms with Crippen LogP contribution in [0.4, 0.5) is 0 Å². The van der Waals surface area contributed by atoms with E-state index in [2.05, 4.69) is 80.5 Å². The second-order valence-corrected chi connectivity index (χ2v) is 16.3. The summed E-state index contributed by atoms with van der Waals surface area (Å²) in [5.74, 6) is 3.36. The van der Waals surface area contributed by atoms with Crippen LogP contribution in [0, 0.1) is 25.2 Å². The SMILES string of the molecule is C#C.C#CCC.C=C(C)C(=O)OC=CC.C=CC/C=C(\C=C/CCC(C)OCc1ccc2cc(OCCCCCCOC(=O)C=C)ccc2c1)OC(=O)c1ccc2cc(OCCCCCCOC=O)ccc2c1. The molecule has 73 heavy (non-hydrogen) atoms. The fourth-order valence-electron chi connectivity index (χ4n) is 6.34. The number of fused-ring (bicyclic) bond motifs is 2. The Bertz CT molecular complexity index is 2450. The van der Waals surface area contributed by atoms with Gasteiger partial charge >= 0.3 is 17.9 Å². The molecular weight excluding hydrogens is 921 g/mol. The van der Waals surface area contributed by atoms with Crippen molar-refractivity contribution in [1.29, 1.82) is 0 Å². The predicted molar refractivity (Wildman–Crippen MR) is 295 cm³/mol. The van der Waals surface area contributed by atoms with E-state index in [0.29, 0.717) is 62.8 Å². The lowest BCUT2D eigenvalue weighted by Gasteiger charge is -2.13. The number of esters is 3. The van der Waals surface area contributed by atoms with Crippen molar-refractivity contribution < 1.29 is 52.3 Å². The maximum Gasteiger partial charge on any atom is 0.343 e. The van der Waals surface area contributed by atoms with E-state index in [1.807, 2.05) is 61.5 Å². The lowest BCUT2D eigenvalue weighted by Crippen LogP contribution is -2.07. The largest absolute Gasteiger partial charge is 0.494 e. The van der Waals surface area contributed by atoms with Crippen molar-refractivity contribution in [3.8, 4) is 36.7 Å². The number of terminal acetylenes is 2. The van der Waals surface area contributed by atoms with Crippen LogP contribution in [0.25, 0.3) is 21.5 Å². The molecular formula is C62H76O11. The highest BCUT2D eigenvalue weighted by Gasteiger charge is 2.11. The van der Waals surface area contributed by atoms with Gasteiger partial charge in [0.15, 0.2) is 0 Å². The molecule has 0 aromatic heterocycles. The molecule has 0 aliphatic heterocycles. The number of allylic oxidation sites excluding steroid dienone is 5. The van der Waals surface area contributed by atoms with Crippen LogP contribution in [-0.2, 0) is 44.7 Å². The van der Waals surface area contributed by atoms with Gasteiger partial charge in [0.1, 0.15) is 17.3 Å². The van der Waals surface area contributed by atoms with Crippen molar-refractivity contribution in [2.75, 3.05) is 26.4 Å². The maximum absolute atomic E-state index is 13.2. The fourth-order valence-corrected chi connectivity index (χ4v) is 6.34. The highest BCUT2D eigenvalue weighted by Crippen LogP contribution is 2.25. The lowest BCUT2D eigenvalue weighted by atomic mass is 10.1. The van der Waals surface area contributed by atoms with Gasteiger partial charge < -0.3 is 33.2 Å². The van der Waals surface area contributed by atoms with Gasteiger partial charge in [0.25, 0.3) is 6.47 Å². The average Bonchev–Trinajstić information content (AvgIpc) is 3.41. The van der Waals surface area contributed by atoms with Gasteiger partial charge in [0, 0.05) is 18.1 Å². The Morgan fingerprint density at radius 1 is 0.767 bits per heavy atom. The van der Waals surface area contributed by atoms with Gasteiger partial charge in [-0.25, -0.2) is 14.4 Å². The summed E-state index contributed by atoms with van der Waals surface area (Å²) >= 11 is 0. The number of unbranched alkanes of at least 4 members (excludes halogenated alkanes) is 6. The zero-order chi connectivity index (χ0) is 53.9. The molecule has 0 amide bonds. The molecule has 4 rings (SSSR count). The van der Waals surface area contributed by atoms with Crippen molar-refractivity contribution in [3.05, 3.63) is 158 Å². The predicted octanol–water partition coefficient (Wildman–Crippen LogP) is 14.3. The Balaban J connectivity index is 0.00000155. The molecule has 1 unspecified atom stereocenters. The van der Waals surface area contributed by atoms with E-state index >= 15 is 0 Å². The van der Waals surface area contributed by atoms with E-state index < -0.39 is 5.97 Å². The monoisotopic (exact) mass is 997 g/mol. The Morgan fingerprint density at radius 3 is 1.89 bits per heavy atom. The fraction of sp³-hybridized carbons (Fsp3) is 0.355. The van der Waals surface area contributed by atoms with E-state index in [1.165, 1.54) is 12.3 Å². The number of hydrogen-bond donors (Lipinski definition) is 0. The van der Waals surface area contributed by atoms with Crippen molar-refractivity contribution in [1.82, 2.24) is 0 Å². The molecule has 0 aliphatic carbocycles. The summed E-state index contributed by atoms with van der Waals surface area (Å²) in [6, 6.07) is 23.8. The molecule has 0 fully saturated rings. The van der Waals surface area contributed by atoms with Crippen molar-refractivity contribution >= 4 is 45.9 Å². The maximum atomic E-state index is 13.2. The van der Waals surface area contributed by atoms with Crippen LogP contribution in [0.3, 0.4) is 0 Å². The van der Waals surface area contributed by atoms with Gasteiger partial charge in [-0.1, -0.05) is 68.6 Å². The number of benzene rings is 4. The van der Waals surface area contributed by atoms with Crippen LogP contribution in [0.2, 0.25) is 0 Å². The summed E-state index contributed by atoms with van der Waals surface area (Å²) in [6.45, 7) is 21.1. The van der Waals surface area contributed by atoms with Gasteiger partial charge in [-0.2, -0.15) is 0 Å². The van der Waals surface area contributed by atoms with Gasteiger partial charge in [-0.05, 0) is 173 Å². The van der Waals surface area contributed by atoms with E-state index in [4.69, 9.17) is 34.8 Å². The van der Waals surface area contributed by atoms with Crippen LogP contribution in [0.1, 0.15) is 121 Å². The number of hydrogen-bond acceptors (Lipinski definition) is 11. The molecule has 4 aromatic carbocycles. The minimum Gasteiger partial charge on any atom is -0.494 e. The molecule has 0 bridgehead atoms. The molecule has 1 atom stereocenters. The normalized spacial score (nSPS) is 11.0. The Morgan fingerprint density at radius 2 is 1.33 bits per heavy atom. The zero-order valence-corrected chi connectivity index (χ0v) is 43.5. The van der Waals surface area contributed by atoms with Crippen molar-refractivity contribution in [2.24, 2.45) is 0 Å². The second-order valence-electron chi connectivity index (χ2n) is 16.3. The average molecular weight is 997 g/mol. The summed E-state index contributed by atoms with van der Waals surface area (Å²) < 4.78 is 38.1. The van der Waals surface area contributed by atoms with Gasteiger partial charge in [-0.3, -0.25) is 4.79 Å². The first-order valence-corrected chi connectivity index (χ1v) is 24.7. The summed E-state index contributed by atoms with van der Waals surface area (Å²) in [5, 5.41) is 4.14. The molecule has 0 N–H and O–H groups in total. The first-order chi connectivity index (χ1) is 35.5. The molecule has 4 aromatic rings. The summed E-state index contributed by atoms with van der Waals surface area (Å²) in [5.41, 5.74) is 1.98. The second kappa shape index (κ2) is 41.1. The quantitative estimate of drug-likeness (QED) is 0.00549. The molecule has 0 saturated heterocycles. The van der Waals surface area contributed by atoms with Gasteiger partial charge in [-0.15, -0.1) is 31.8 Å². The van der Waals surface area contributed by atoms with Gasteiger partial charge in [0.2, 0.25) is 0 Å². The smallest absolute Gasteiger partial charge is 0.343 e. The zero-order valence-electron chi connectivity index (χ0n) is 43.5. The first kappa shape index (κ1) is 63.4. The summed E-state index contributed by atoms with van der Waals surface area (Å²) in [6.07, 6.45) is 34.9. The van der Waals surface area contributed by atoms with E-state index in [1.54, 1.807) is 32.1 Å². The third-order valence-corrected chi connectivity index (χ3v) is 10.3. The Kier molecular flexibility index (Phi) is 35.7. The van der Waals surface area contributed by atoms with Crippen LogP contribution in [-0.4, -0.2) is 56.9 Å². The highest BCUT2D eigenvalue weighted by molar-refractivity contribution is 5.96. The number of rotatable bonds is 31. The molecule has 0 spiro atoms. The Labute approximate surface area is 434 Å². The van der Waals surface area contributed by atoms with Crippen molar-refractivity contribution in [2.45, 2.75) is 117 Å². The van der Waals surface area contributed by atoms with Crippen LogP contribution >= 0.6 is 0 Å². The molecule has 0 aliphatic rings. The van der Waals surface area contributed by atoms with Crippen molar-refractivity contribution in [3.63, 3.8) is 0 Å². The van der Waals surface area contributed by atoms with E-state index in [9.17, 15) is 19.2 Å². The topological polar surface area (TPSA) is 133 Å². The number of carbonyl (C=O) groups is 4. The minimum atomic E-state index is -0.425. The highest BCUT2D eigenvalue weighted by atomic mass is 16.5. The number of carbonyl (C=O) groups excluding carboxylic acids is 4. The third kappa shape index (κ3) is 29.4. The van der Waals surface area contributed by atoms with Crippen LogP contribution in [0.5, 0.6) is 11.5 Å². The molecule has 390 valence electrons. The molecule has 11 nitrogen and oxygen atoms in total. The van der Waals surface area contributed by atoms with E-state index in [-0.39, 0.29) is 18.0 Å². The Hall–Kier alpha value is -7.60. The molecule has 11 heteroatoms. The van der Waals surface area contributed by atoms with Crippen LogP contribution < -0.4 is 9.47 Å². The van der Waals surface area contributed by atoms with E-state index in [0.717, 1.165) is 109 Å².